The fraction of sp³-hybridized carbons (Fsp3) is 0.269. The van der Waals surface area contributed by atoms with Crippen LogP contribution in [0.1, 0.15) is 35.7 Å². The van der Waals surface area contributed by atoms with Crippen LogP contribution in [0.15, 0.2) is 71.6 Å². The van der Waals surface area contributed by atoms with Gasteiger partial charge < -0.3 is 10.2 Å². The van der Waals surface area contributed by atoms with Gasteiger partial charge in [0.05, 0.1) is 10.5 Å². The lowest BCUT2D eigenvalue weighted by atomic mass is 10.0. The molecule has 4 rings (SSSR count). The lowest BCUT2D eigenvalue weighted by Crippen LogP contribution is -2.48. The molecule has 0 saturated carbocycles. The molecule has 1 amide bonds. The Morgan fingerprint density at radius 3 is 2.29 bits per heavy atom. The summed E-state index contributed by atoms with van der Waals surface area (Å²) < 4.78 is 42.4. The van der Waals surface area contributed by atoms with E-state index in [1.165, 1.54) is 10.4 Å². The molecule has 0 aromatic heterocycles. The Labute approximate surface area is 210 Å². The van der Waals surface area contributed by atoms with Crippen LogP contribution in [0.2, 0.25) is 5.02 Å². The highest BCUT2D eigenvalue weighted by Gasteiger charge is 2.30. The lowest BCUT2D eigenvalue weighted by molar-refractivity contribution is 0.102. The first-order valence-electron chi connectivity index (χ1n) is 11.4. The summed E-state index contributed by atoms with van der Waals surface area (Å²) in [6.07, 6.45) is 0. The van der Waals surface area contributed by atoms with E-state index in [0.29, 0.717) is 29.7 Å². The van der Waals surface area contributed by atoms with Crippen molar-refractivity contribution in [3.63, 3.8) is 0 Å². The molecule has 35 heavy (non-hydrogen) atoms. The molecule has 0 radical (unpaired) electrons. The quantitative estimate of drug-likeness (QED) is 0.479. The van der Waals surface area contributed by atoms with Gasteiger partial charge in [0.25, 0.3) is 5.91 Å². The molecule has 9 heteroatoms. The number of piperazine rings is 1. The van der Waals surface area contributed by atoms with E-state index in [4.69, 9.17) is 11.6 Å². The van der Waals surface area contributed by atoms with Gasteiger partial charge in [-0.25, -0.2) is 12.8 Å². The molecule has 0 unspecified atom stereocenters. The molecule has 6 nitrogen and oxygen atoms in total. The summed E-state index contributed by atoms with van der Waals surface area (Å²) in [6, 6.07) is 18.0. The first-order chi connectivity index (χ1) is 16.6. The van der Waals surface area contributed by atoms with Gasteiger partial charge in [0.15, 0.2) is 0 Å². The number of hydrogen-bond donors (Lipinski definition) is 1. The first-order valence-corrected chi connectivity index (χ1v) is 13.2. The summed E-state index contributed by atoms with van der Waals surface area (Å²) >= 11 is 6.07. The van der Waals surface area contributed by atoms with E-state index < -0.39 is 21.7 Å². The number of rotatable bonds is 6. The van der Waals surface area contributed by atoms with Crippen molar-refractivity contribution in [2.45, 2.75) is 24.7 Å². The minimum atomic E-state index is -3.90. The third-order valence-corrected chi connectivity index (χ3v) is 8.20. The molecule has 1 aliphatic rings. The second-order valence-electron chi connectivity index (χ2n) is 8.74. The Hall–Kier alpha value is -2.94. The molecule has 1 saturated heterocycles. The molecule has 1 fully saturated rings. The van der Waals surface area contributed by atoms with Gasteiger partial charge in [-0.1, -0.05) is 43.6 Å². The zero-order valence-corrected chi connectivity index (χ0v) is 21.1. The number of benzene rings is 3. The number of nitrogens with zero attached hydrogens (tertiary/aromatic N) is 2. The number of carbonyl (C=O) groups is 1. The third kappa shape index (κ3) is 5.66. The highest BCUT2D eigenvalue weighted by Crippen LogP contribution is 2.25. The van der Waals surface area contributed by atoms with Crippen molar-refractivity contribution in [3.8, 4) is 0 Å². The smallest absolute Gasteiger partial charge is 0.258 e. The summed E-state index contributed by atoms with van der Waals surface area (Å²) in [5.74, 6) is -1.15. The van der Waals surface area contributed by atoms with Crippen molar-refractivity contribution in [2.75, 3.05) is 36.4 Å². The molecule has 3 aromatic rings. The van der Waals surface area contributed by atoms with Crippen LogP contribution in [0.4, 0.5) is 15.8 Å². The van der Waals surface area contributed by atoms with Gasteiger partial charge in [-0.3, -0.25) is 4.79 Å². The zero-order valence-electron chi connectivity index (χ0n) is 19.5. The third-order valence-electron chi connectivity index (χ3n) is 6.07. The summed E-state index contributed by atoms with van der Waals surface area (Å²) in [5.41, 5.74) is 2.22. The van der Waals surface area contributed by atoms with E-state index in [0.717, 1.165) is 23.4 Å². The van der Waals surface area contributed by atoms with E-state index in [-0.39, 0.29) is 23.5 Å². The van der Waals surface area contributed by atoms with Crippen molar-refractivity contribution in [2.24, 2.45) is 0 Å². The van der Waals surface area contributed by atoms with Crippen molar-refractivity contribution in [1.82, 2.24) is 4.31 Å². The van der Waals surface area contributed by atoms with Gasteiger partial charge in [0, 0.05) is 42.6 Å². The molecule has 3 aromatic carbocycles. The Bertz CT molecular complexity index is 1320. The molecule has 0 bridgehead atoms. The average Bonchev–Trinajstić information content (AvgIpc) is 2.84. The normalized spacial score (nSPS) is 14.8. The van der Waals surface area contributed by atoms with Crippen LogP contribution in [0.25, 0.3) is 0 Å². The summed E-state index contributed by atoms with van der Waals surface area (Å²) in [5, 5.41) is 3.26. The zero-order chi connectivity index (χ0) is 25.2. The molecular formula is C26H27ClFN3O3S. The van der Waals surface area contributed by atoms with Crippen molar-refractivity contribution in [3.05, 3.63) is 88.7 Å². The maximum Gasteiger partial charge on any atom is 0.258 e. The van der Waals surface area contributed by atoms with E-state index in [9.17, 15) is 17.6 Å². The fourth-order valence-corrected chi connectivity index (χ4v) is 5.63. The van der Waals surface area contributed by atoms with Crippen LogP contribution >= 0.6 is 11.6 Å². The molecular weight excluding hydrogens is 489 g/mol. The first kappa shape index (κ1) is 25.2. The SMILES string of the molecule is CC(C)c1ccc(NC(=O)c2cc(S(=O)(=O)N3CCN(c4cccc(Cl)c4)CC3)ccc2F)cc1. The van der Waals surface area contributed by atoms with Crippen molar-refractivity contribution < 1.29 is 17.6 Å². The number of anilines is 2. The monoisotopic (exact) mass is 515 g/mol. The Morgan fingerprint density at radius 2 is 1.66 bits per heavy atom. The molecule has 0 atom stereocenters. The number of hydrogen-bond acceptors (Lipinski definition) is 4. The van der Waals surface area contributed by atoms with Crippen LogP contribution in [-0.2, 0) is 10.0 Å². The van der Waals surface area contributed by atoms with E-state index in [1.54, 1.807) is 18.2 Å². The topological polar surface area (TPSA) is 69.7 Å². The summed E-state index contributed by atoms with van der Waals surface area (Å²) in [7, 11) is -3.90. The van der Waals surface area contributed by atoms with E-state index in [1.807, 2.05) is 30.3 Å². The van der Waals surface area contributed by atoms with Gasteiger partial charge in [0.1, 0.15) is 5.82 Å². The van der Waals surface area contributed by atoms with Crippen LogP contribution in [0.5, 0.6) is 0 Å². The highest BCUT2D eigenvalue weighted by atomic mass is 35.5. The molecule has 1 N–H and O–H groups in total. The van der Waals surface area contributed by atoms with Gasteiger partial charge in [-0.2, -0.15) is 4.31 Å². The van der Waals surface area contributed by atoms with Crippen LogP contribution in [-0.4, -0.2) is 44.8 Å². The largest absolute Gasteiger partial charge is 0.369 e. The second kappa shape index (κ2) is 10.4. The second-order valence-corrected chi connectivity index (χ2v) is 11.1. The van der Waals surface area contributed by atoms with Crippen molar-refractivity contribution >= 4 is 38.9 Å². The van der Waals surface area contributed by atoms with Crippen LogP contribution in [0.3, 0.4) is 0 Å². The fourth-order valence-electron chi connectivity index (χ4n) is 4.00. The van der Waals surface area contributed by atoms with Gasteiger partial charge in [-0.15, -0.1) is 0 Å². The summed E-state index contributed by atoms with van der Waals surface area (Å²) in [4.78, 5) is 14.7. The number of halogens is 2. The molecule has 1 aliphatic heterocycles. The Morgan fingerprint density at radius 1 is 0.971 bits per heavy atom. The van der Waals surface area contributed by atoms with Crippen LogP contribution in [0, 0.1) is 5.82 Å². The van der Waals surface area contributed by atoms with E-state index >= 15 is 0 Å². The molecule has 0 spiro atoms. The van der Waals surface area contributed by atoms with Gasteiger partial charge in [0.2, 0.25) is 10.0 Å². The van der Waals surface area contributed by atoms with Gasteiger partial charge >= 0.3 is 0 Å². The Kier molecular flexibility index (Phi) is 7.44. The van der Waals surface area contributed by atoms with Crippen molar-refractivity contribution in [1.29, 1.82) is 0 Å². The predicted octanol–water partition coefficient (Wildman–Crippen LogP) is 5.37. The number of sulfonamides is 1. The molecule has 0 aliphatic carbocycles. The standard InChI is InChI=1S/C26H27ClFN3O3S/c1-18(2)19-6-8-21(9-7-19)29-26(32)24-17-23(10-11-25(24)28)35(33,34)31-14-12-30(13-15-31)22-5-3-4-20(27)16-22/h3-11,16-18H,12-15H2,1-2H3,(H,29,32). The minimum Gasteiger partial charge on any atom is -0.369 e. The molecule has 1 heterocycles. The predicted molar refractivity (Wildman–Crippen MR) is 137 cm³/mol. The number of nitrogens with one attached hydrogen (secondary N) is 1. The van der Waals surface area contributed by atoms with Gasteiger partial charge in [-0.05, 0) is 60.0 Å². The average molecular weight is 516 g/mol. The summed E-state index contributed by atoms with van der Waals surface area (Å²) in [6.45, 7) is 5.62. The maximum atomic E-state index is 14.5. The van der Waals surface area contributed by atoms with Crippen LogP contribution < -0.4 is 10.2 Å². The highest BCUT2D eigenvalue weighted by molar-refractivity contribution is 7.89. The Balaban J connectivity index is 1.48. The maximum absolute atomic E-state index is 14.5. The number of amides is 1. The minimum absolute atomic E-state index is 0.115. The lowest BCUT2D eigenvalue weighted by Gasteiger charge is -2.35. The van der Waals surface area contributed by atoms with E-state index in [2.05, 4.69) is 24.1 Å². The molecule has 184 valence electrons. The number of carbonyl (C=O) groups excluding carboxylic acids is 1.